The molecule has 2 heterocycles. The number of thioether (sulfide) groups is 1. The maximum atomic E-state index is 11.3. The van der Waals surface area contributed by atoms with Gasteiger partial charge in [-0.3, -0.25) is 4.57 Å². The summed E-state index contributed by atoms with van der Waals surface area (Å²) >= 11 is 2.34. The standard InChI is InChI=1S/C11H13N3O2S2/c1-4-16-11(15)18-10-13-12-9(17-10)14-7(2)5-6-8(14)3/h5-6H,4H2,1-3H3. The highest BCUT2D eigenvalue weighted by Crippen LogP contribution is 2.27. The molecule has 0 aliphatic carbocycles. The first-order valence-electron chi connectivity index (χ1n) is 5.45. The first-order valence-corrected chi connectivity index (χ1v) is 7.08. The molecule has 0 amide bonds. The summed E-state index contributed by atoms with van der Waals surface area (Å²) in [6.07, 6.45) is 0. The van der Waals surface area contributed by atoms with Gasteiger partial charge in [-0.1, -0.05) is 11.3 Å². The number of hydrogen-bond donors (Lipinski definition) is 0. The monoisotopic (exact) mass is 283 g/mol. The lowest BCUT2D eigenvalue weighted by Gasteiger charge is -2.02. The van der Waals surface area contributed by atoms with Crippen molar-refractivity contribution in [3.8, 4) is 5.13 Å². The van der Waals surface area contributed by atoms with Crippen LogP contribution in [0.5, 0.6) is 0 Å². The zero-order chi connectivity index (χ0) is 13.1. The molecule has 7 heteroatoms. The van der Waals surface area contributed by atoms with E-state index in [9.17, 15) is 4.79 Å². The summed E-state index contributed by atoms with van der Waals surface area (Å²) in [4.78, 5) is 11.3. The molecule has 0 aliphatic rings. The molecule has 0 saturated carbocycles. The van der Waals surface area contributed by atoms with Crippen molar-refractivity contribution in [1.82, 2.24) is 14.8 Å². The molecular weight excluding hydrogens is 270 g/mol. The fourth-order valence-electron chi connectivity index (χ4n) is 1.52. The number of carbonyl (C=O) groups is 1. The fourth-order valence-corrected chi connectivity index (χ4v) is 3.22. The molecular formula is C11H13N3O2S2. The molecule has 0 radical (unpaired) electrons. The van der Waals surface area contributed by atoms with Crippen molar-refractivity contribution in [2.75, 3.05) is 6.61 Å². The van der Waals surface area contributed by atoms with Crippen LogP contribution in [0.2, 0.25) is 0 Å². The molecule has 18 heavy (non-hydrogen) atoms. The molecule has 0 aromatic carbocycles. The third-order valence-electron chi connectivity index (χ3n) is 2.29. The number of ether oxygens (including phenoxy) is 1. The van der Waals surface area contributed by atoms with E-state index in [1.54, 1.807) is 6.92 Å². The van der Waals surface area contributed by atoms with Gasteiger partial charge < -0.3 is 4.74 Å². The number of carbonyl (C=O) groups excluding carboxylic acids is 1. The summed E-state index contributed by atoms with van der Waals surface area (Å²) in [5, 5.41) is 8.50. The Bertz CT molecular complexity index is 543. The van der Waals surface area contributed by atoms with Gasteiger partial charge in [0.05, 0.1) is 6.61 Å². The Kier molecular flexibility index (Phi) is 4.03. The van der Waals surface area contributed by atoms with Crippen LogP contribution in [0, 0.1) is 13.8 Å². The lowest BCUT2D eigenvalue weighted by molar-refractivity contribution is 0.181. The maximum Gasteiger partial charge on any atom is 0.374 e. The average molecular weight is 283 g/mol. The van der Waals surface area contributed by atoms with Crippen LogP contribution in [0.15, 0.2) is 16.5 Å². The molecule has 0 bridgehead atoms. The predicted octanol–water partition coefficient (Wildman–Crippen LogP) is 3.19. The third kappa shape index (κ3) is 2.73. The number of hydrogen-bond acceptors (Lipinski definition) is 6. The Hall–Kier alpha value is -1.34. The van der Waals surface area contributed by atoms with Gasteiger partial charge in [0, 0.05) is 23.1 Å². The van der Waals surface area contributed by atoms with Crippen LogP contribution in [-0.4, -0.2) is 26.7 Å². The molecule has 2 aromatic heterocycles. The van der Waals surface area contributed by atoms with Gasteiger partial charge in [0.15, 0.2) is 4.34 Å². The number of rotatable bonds is 3. The summed E-state index contributed by atoms with van der Waals surface area (Å²) < 4.78 is 7.45. The van der Waals surface area contributed by atoms with Crippen molar-refractivity contribution in [2.45, 2.75) is 25.1 Å². The molecule has 2 aromatic rings. The van der Waals surface area contributed by atoms with Crippen LogP contribution in [-0.2, 0) is 4.74 Å². The predicted molar refractivity (Wildman–Crippen MR) is 71.6 cm³/mol. The van der Waals surface area contributed by atoms with Gasteiger partial charge in [0.1, 0.15) is 0 Å². The van der Waals surface area contributed by atoms with Crippen molar-refractivity contribution >= 4 is 28.4 Å². The molecule has 96 valence electrons. The van der Waals surface area contributed by atoms with Gasteiger partial charge in [0.2, 0.25) is 5.13 Å². The molecule has 0 atom stereocenters. The van der Waals surface area contributed by atoms with Gasteiger partial charge in [-0.25, -0.2) is 4.79 Å². The van der Waals surface area contributed by atoms with Crippen LogP contribution < -0.4 is 0 Å². The van der Waals surface area contributed by atoms with E-state index < -0.39 is 0 Å². The van der Waals surface area contributed by atoms with Gasteiger partial charge in [-0.15, -0.1) is 10.2 Å². The van der Waals surface area contributed by atoms with Gasteiger partial charge in [-0.05, 0) is 32.9 Å². The molecule has 5 nitrogen and oxygen atoms in total. The van der Waals surface area contributed by atoms with E-state index in [0.717, 1.165) is 28.3 Å². The Morgan fingerprint density at radius 1 is 1.39 bits per heavy atom. The first-order chi connectivity index (χ1) is 8.61. The van der Waals surface area contributed by atoms with Crippen LogP contribution in [0.25, 0.3) is 5.13 Å². The largest absolute Gasteiger partial charge is 0.458 e. The van der Waals surface area contributed by atoms with E-state index in [-0.39, 0.29) is 5.30 Å². The van der Waals surface area contributed by atoms with Crippen molar-refractivity contribution in [1.29, 1.82) is 0 Å². The maximum absolute atomic E-state index is 11.3. The SMILES string of the molecule is CCOC(=O)Sc1nnc(-n2c(C)ccc2C)s1. The molecule has 0 aliphatic heterocycles. The number of aryl methyl sites for hydroxylation is 2. The minimum atomic E-state index is -0.346. The summed E-state index contributed by atoms with van der Waals surface area (Å²) in [5.74, 6) is 0. The molecule has 0 unspecified atom stereocenters. The van der Waals surface area contributed by atoms with E-state index in [1.807, 2.05) is 30.5 Å². The van der Waals surface area contributed by atoms with Gasteiger partial charge in [0.25, 0.3) is 0 Å². The summed E-state index contributed by atoms with van der Waals surface area (Å²) in [7, 11) is 0. The zero-order valence-electron chi connectivity index (χ0n) is 10.3. The lowest BCUT2D eigenvalue weighted by atomic mass is 10.5. The number of aromatic nitrogens is 3. The second-order valence-corrected chi connectivity index (χ2v) is 5.73. The summed E-state index contributed by atoms with van der Waals surface area (Å²) in [6.45, 7) is 6.16. The first kappa shape index (κ1) is 13.1. The molecule has 0 fully saturated rings. The smallest absolute Gasteiger partial charge is 0.374 e. The van der Waals surface area contributed by atoms with Crippen LogP contribution in [0.3, 0.4) is 0 Å². The molecule has 0 spiro atoms. The van der Waals surface area contributed by atoms with Crippen molar-refractivity contribution in [3.63, 3.8) is 0 Å². The van der Waals surface area contributed by atoms with Gasteiger partial charge >= 0.3 is 5.30 Å². The minimum Gasteiger partial charge on any atom is -0.458 e. The number of nitrogens with zero attached hydrogens (tertiary/aromatic N) is 3. The highest BCUT2D eigenvalue weighted by Gasteiger charge is 2.13. The highest BCUT2D eigenvalue weighted by molar-refractivity contribution is 8.14. The van der Waals surface area contributed by atoms with Crippen LogP contribution >= 0.6 is 23.1 Å². The molecule has 0 N–H and O–H groups in total. The normalized spacial score (nSPS) is 10.6. The Balaban J connectivity index is 2.18. The third-order valence-corrected chi connectivity index (χ3v) is 4.03. The van der Waals surface area contributed by atoms with E-state index >= 15 is 0 Å². The van der Waals surface area contributed by atoms with E-state index in [2.05, 4.69) is 10.2 Å². The van der Waals surface area contributed by atoms with Gasteiger partial charge in [-0.2, -0.15) is 0 Å². The fraction of sp³-hybridized carbons (Fsp3) is 0.364. The Morgan fingerprint density at radius 2 is 2.06 bits per heavy atom. The summed E-state index contributed by atoms with van der Waals surface area (Å²) in [5.41, 5.74) is 2.19. The van der Waals surface area contributed by atoms with E-state index in [0.29, 0.717) is 10.9 Å². The van der Waals surface area contributed by atoms with Crippen molar-refractivity contribution < 1.29 is 9.53 Å². The molecule has 2 rings (SSSR count). The van der Waals surface area contributed by atoms with Crippen LogP contribution in [0.1, 0.15) is 18.3 Å². The van der Waals surface area contributed by atoms with Crippen molar-refractivity contribution in [3.05, 3.63) is 23.5 Å². The van der Waals surface area contributed by atoms with Crippen molar-refractivity contribution in [2.24, 2.45) is 0 Å². The summed E-state index contributed by atoms with van der Waals surface area (Å²) in [6, 6.07) is 4.05. The quantitative estimate of drug-likeness (QED) is 0.639. The lowest BCUT2D eigenvalue weighted by Crippen LogP contribution is -1.97. The Labute approximate surface area is 113 Å². The average Bonchev–Trinajstić information content (AvgIpc) is 2.87. The zero-order valence-corrected chi connectivity index (χ0v) is 12.0. The Morgan fingerprint density at radius 3 is 2.67 bits per heavy atom. The second-order valence-electron chi connectivity index (χ2n) is 3.59. The second kappa shape index (κ2) is 5.53. The van der Waals surface area contributed by atoms with Crippen LogP contribution in [0.4, 0.5) is 4.79 Å². The van der Waals surface area contributed by atoms with E-state index in [4.69, 9.17) is 4.74 Å². The highest BCUT2D eigenvalue weighted by atomic mass is 32.2. The van der Waals surface area contributed by atoms with E-state index in [1.165, 1.54) is 11.3 Å². The molecule has 0 saturated heterocycles. The topological polar surface area (TPSA) is 57.0 Å². The minimum absolute atomic E-state index is 0.346.